The second-order valence-corrected chi connectivity index (χ2v) is 18.6. The van der Waals surface area contributed by atoms with Crippen molar-refractivity contribution in [2.75, 3.05) is 20.4 Å². The molecule has 0 spiro atoms. The van der Waals surface area contributed by atoms with Crippen LogP contribution in [0.2, 0.25) is 25.7 Å². The Kier molecular flexibility index (Phi) is 10.00. The van der Waals surface area contributed by atoms with Gasteiger partial charge in [0.05, 0.1) is 12.6 Å². The molecule has 2 rings (SSSR count). The summed E-state index contributed by atoms with van der Waals surface area (Å²) in [5.41, 5.74) is -1.58. The fraction of sp³-hybridized carbons (Fsp3) is 0.625. The lowest BCUT2D eigenvalue weighted by atomic mass is 9.87. The summed E-state index contributed by atoms with van der Waals surface area (Å²) < 4.78 is 32.1. The summed E-state index contributed by atoms with van der Waals surface area (Å²) >= 11 is 4.48. The van der Waals surface area contributed by atoms with Gasteiger partial charge in [-0.05, 0) is 58.4 Å². The summed E-state index contributed by atoms with van der Waals surface area (Å²) in [5, 5.41) is -0.487. The van der Waals surface area contributed by atoms with Crippen molar-refractivity contribution in [2.45, 2.75) is 76.2 Å². The molecule has 1 aromatic carbocycles. The van der Waals surface area contributed by atoms with E-state index >= 15 is 0 Å². The molecule has 0 saturated carbocycles. The van der Waals surface area contributed by atoms with Crippen LogP contribution >= 0.6 is 27.7 Å². The number of rotatable bonds is 7. The average molecular weight is 592 g/mol. The molecule has 0 radical (unpaired) electrons. The van der Waals surface area contributed by atoms with E-state index in [0.717, 1.165) is 17.8 Å². The molecule has 2 atom stereocenters. The van der Waals surface area contributed by atoms with Gasteiger partial charge in [0.1, 0.15) is 23.4 Å². The monoisotopic (exact) mass is 590 g/mol. The molecule has 0 fully saturated rings. The normalized spacial score (nSPS) is 20.7. The minimum Gasteiger partial charge on any atom is -0.468 e. The van der Waals surface area contributed by atoms with E-state index in [1.807, 2.05) is 0 Å². The van der Waals surface area contributed by atoms with Crippen molar-refractivity contribution in [3.05, 3.63) is 34.1 Å². The minimum atomic E-state index is -1.35. The van der Waals surface area contributed by atoms with E-state index < -0.39 is 42.3 Å². The number of benzene rings is 1. The number of carbonyl (C=O) groups excluding carboxylic acids is 2. The third kappa shape index (κ3) is 8.87. The molecule has 1 aromatic rings. The lowest BCUT2D eigenvalue weighted by Gasteiger charge is -2.37. The number of aliphatic imine (C=N–C) groups is 1. The number of methoxy groups -OCH3 is 1. The van der Waals surface area contributed by atoms with Crippen molar-refractivity contribution in [2.24, 2.45) is 4.99 Å². The van der Waals surface area contributed by atoms with Crippen LogP contribution in [0.15, 0.2) is 27.7 Å². The van der Waals surface area contributed by atoms with Crippen LogP contribution < -0.4 is 0 Å². The minimum absolute atomic E-state index is 0.101. The van der Waals surface area contributed by atoms with Crippen molar-refractivity contribution in [3.8, 4) is 0 Å². The summed E-state index contributed by atoms with van der Waals surface area (Å²) in [6.07, 6.45) is -0.459. The summed E-state index contributed by atoms with van der Waals surface area (Å²) in [6, 6.07) is 5.50. The van der Waals surface area contributed by atoms with Gasteiger partial charge >= 0.3 is 12.1 Å². The fourth-order valence-corrected chi connectivity index (χ4v) is 5.80. The highest BCUT2D eigenvalue weighted by atomic mass is 79.9. The van der Waals surface area contributed by atoms with Gasteiger partial charge in [-0.3, -0.25) is 9.79 Å². The molecule has 1 aliphatic rings. The van der Waals surface area contributed by atoms with Crippen LogP contribution in [0.5, 0.6) is 0 Å². The van der Waals surface area contributed by atoms with Gasteiger partial charge in [-0.1, -0.05) is 47.3 Å². The van der Waals surface area contributed by atoms with E-state index in [2.05, 4.69) is 35.6 Å². The summed E-state index contributed by atoms with van der Waals surface area (Å²) in [4.78, 5) is 31.9. The molecule has 0 saturated heterocycles. The number of esters is 1. The average Bonchev–Trinajstić information content (AvgIpc) is 2.72. The molecular weight excluding hydrogens is 555 g/mol. The maximum Gasteiger partial charge on any atom is 0.418 e. The molecule has 35 heavy (non-hydrogen) atoms. The van der Waals surface area contributed by atoms with Gasteiger partial charge in [-0.2, -0.15) is 0 Å². The lowest BCUT2D eigenvalue weighted by molar-refractivity contribution is -0.140. The van der Waals surface area contributed by atoms with Crippen molar-refractivity contribution < 1.29 is 28.2 Å². The molecule has 0 N–H and O–H groups in total. The molecule has 1 unspecified atom stereocenters. The third-order valence-corrected chi connectivity index (χ3v) is 8.57. The van der Waals surface area contributed by atoms with Crippen molar-refractivity contribution in [3.63, 3.8) is 0 Å². The molecule has 1 amide bonds. The largest absolute Gasteiger partial charge is 0.468 e. The molecule has 1 aliphatic heterocycles. The molecule has 0 bridgehead atoms. The highest BCUT2D eigenvalue weighted by Gasteiger charge is 2.43. The number of hydrogen-bond acceptors (Lipinski definition) is 7. The number of amides is 1. The molecule has 11 heteroatoms. The van der Waals surface area contributed by atoms with E-state index in [-0.39, 0.29) is 18.3 Å². The van der Waals surface area contributed by atoms with Gasteiger partial charge in [0.2, 0.25) is 0 Å². The second kappa shape index (κ2) is 11.7. The Labute approximate surface area is 221 Å². The first kappa shape index (κ1) is 29.8. The number of nitrogens with zero attached hydrogens (tertiary/aromatic N) is 2. The van der Waals surface area contributed by atoms with Crippen LogP contribution in [0.25, 0.3) is 0 Å². The van der Waals surface area contributed by atoms with Crippen LogP contribution in [0.3, 0.4) is 0 Å². The van der Waals surface area contributed by atoms with Gasteiger partial charge in [0.15, 0.2) is 5.17 Å². The van der Waals surface area contributed by atoms with E-state index in [4.69, 9.17) is 19.2 Å². The zero-order chi connectivity index (χ0) is 26.6. The second-order valence-electron chi connectivity index (χ2n) is 10.9. The van der Waals surface area contributed by atoms with Crippen molar-refractivity contribution in [1.82, 2.24) is 4.90 Å². The Morgan fingerprint density at radius 2 is 1.97 bits per heavy atom. The summed E-state index contributed by atoms with van der Waals surface area (Å²) in [5.74, 6) is -0.933. The molecule has 1 heterocycles. The first-order chi connectivity index (χ1) is 16.0. The van der Waals surface area contributed by atoms with E-state index in [1.54, 1.807) is 39.8 Å². The molecule has 7 nitrogen and oxygen atoms in total. The van der Waals surface area contributed by atoms with Crippen molar-refractivity contribution in [1.29, 1.82) is 0 Å². The first-order valence-corrected chi connectivity index (χ1v) is 16.8. The Bertz CT molecular complexity index is 966. The SMILES string of the molecule is COC(=O)C1C[C@@](C)(c2cc(Br)ccc2F)N=C(N(COCC[Si](C)(C)C)C(=O)OC(C)(C)C)S1. The number of thioether (sulfide) groups is 1. The fourth-order valence-electron chi connectivity index (χ4n) is 3.32. The van der Waals surface area contributed by atoms with Gasteiger partial charge in [0, 0.05) is 24.7 Å². The topological polar surface area (TPSA) is 77.4 Å². The number of halogens is 2. The molecule has 196 valence electrons. The third-order valence-electron chi connectivity index (χ3n) is 5.21. The van der Waals surface area contributed by atoms with E-state index in [1.165, 1.54) is 18.1 Å². The zero-order valence-electron chi connectivity index (χ0n) is 21.7. The number of ether oxygens (including phenoxy) is 3. The summed E-state index contributed by atoms with van der Waals surface area (Å²) in [6.45, 7) is 14.1. The van der Waals surface area contributed by atoms with Gasteiger partial charge in [-0.25, -0.2) is 14.1 Å². The Morgan fingerprint density at radius 3 is 2.54 bits per heavy atom. The van der Waals surface area contributed by atoms with Crippen LogP contribution in [0, 0.1) is 5.82 Å². The molecule has 0 aliphatic carbocycles. The zero-order valence-corrected chi connectivity index (χ0v) is 25.1. The highest BCUT2D eigenvalue weighted by molar-refractivity contribution is 9.10. The lowest BCUT2D eigenvalue weighted by Crippen LogP contribution is -2.46. The van der Waals surface area contributed by atoms with Crippen LogP contribution in [-0.2, 0) is 24.5 Å². The Balaban J connectivity index is 2.50. The Morgan fingerprint density at radius 1 is 1.31 bits per heavy atom. The molecule has 0 aromatic heterocycles. The number of hydrogen-bond donors (Lipinski definition) is 0. The van der Waals surface area contributed by atoms with E-state index in [9.17, 15) is 14.0 Å². The number of amidine groups is 1. The van der Waals surface area contributed by atoms with Gasteiger partial charge in [-0.15, -0.1) is 0 Å². The van der Waals surface area contributed by atoms with Crippen LogP contribution in [0.1, 0.15) is 39.7 Å². The predicted molar refractivity (Wildman–Crippen MR) is 144 cm³/mol. The predicted octanol–water partition coefficient (Wildman–Crippen LogP) is 6.39. The van der Waals surface area contributed by atoms with Gasteiger partial charge < -0.3 is 14.2 Å². The number of carbonyl (C=O) groups is 2. The van der Waals surface area contributed by atoms with E-state index in [0.29, 0.717) is 16.6 Å². The van der Waals surface area contributed by atoms with Crippen LogP contribution in [-0.4, -0.2) is 61.5 Å². The maximum absolute atomic E-state index is 14.9. The Hall–Kier alpha value is -1.43. The molecular formula is C24H36BrFN2O5SSi. The standard InChI is InChI=1S/C24H36BrFN2O5SSi/c1-23(2,3)33-22(30)28(15-32-11-12-35(6,7)8)21-27-24(4,14-19(34-21)20(29)31-5)17-13-16(25)9-10-18(17)26/h9-10,13,19H,11-12,14-15H2,1-8H3/t19?,24-/m0/s1. The smallest absolute Gasteiger partial charge is 0.418 e. The quantitative estimate of drug-likeness (QED) is 0.158. The van der Waals surface area contributed by atoms with Crippen LogP contribution in [0.4, 0.5) is 9.18 Å². The summed E-state index contributed by atoms with van der Waals surface area (Å²) in [7, 11) is -0.0442. The highest BCUT2D eigenvalue weighted by Crippen LogP contribution is 2.42. The van der Waals surface area contributed by atoms with Crippen molar-refractivity contribution >= 4 is 53.0 Å². The first-order valence-electron chi connectivity index (χ1n) is 11.4. The maximum atomic E-state index is 14.9. The van der Waals surface area contributed by atoms with Gasteiger partial charge in [0.25, 0.3) is 0 Å².